The van der Waals surface area contributed by atoms with Crippen LogP contribution in [0.3, 0.4) is 0 Å². The van der Waals surface area contributed by atoms with Gasteiger partial charge in [-0.1, -0.05) is 35.4 Å². The minimum absolute atomic E-state index is 0.195. The molecule has 30 heavy (non-hydrogen) atoms. The Morgan fingerprint density at radius 3 is 2.43 bits per heavy atom. The summed E-state index contributed by atoms with van der Waals surface area (Å²) in [5, 5.41) is 2.77. The van der Waals surface area contributed by atoms with Gasteiger partial charge in [0.2, 0.25) is 0 Å². The highest BCUT2D eigenvalue weighted by Gasteiger charge is 2.37. The summed E-state index contributed by atoms with van der Waals surface area (Å²) in [4.78, 5) is 38.4. The number of nitrogens with one attached hydrogen (secondary N) is 1. The van der Waals surface area contributed by atoms with Gasteiger partial charge in [0.05, 0.1) is 5.69 Å². The van der Waals surface area contributed by atoms with Crippen molar-refractivity contribution in [2.45, 2.75) is 13.8 Å². The molecule has 3 aromatic rings. The third-order valence-corrected chi connectivity index (χ3v) is 5.01. The van der Waals surface area contributed by atoms with Crippen molar-refractivity contribution in [2.75, 3.05) is 4.90 Å². The van der Waals surface area contributed by atoms with Crippen molar-refractivity contribution >= 4 is 41.2 Å². The molecule has 0 unspecified atom stereocenters. The molecule has 1 fully saturated rings. The van der Waals surface area contributed by atoms with Gasteiger partial charge in [0.15, 0.2) is 0 Å². The Hall–Kier alpha value is -3.64. The average molecular weight is 421 g/mol. The van der Waals surface area contributed by atoms with Crippen molar-refractivity contribution in [2.24, 2.45) is 0 Å². The van der Waals surface area contributed by atoms with E-state index in [0.29, 0.717) is 22.2 Å². The first kappa shape index (κ1) is 19.7. The number of hydrogen-bond donors (Lipinski definition) is 1. The zero-order valence-corrected chi connectivity index (χ0v) is 17.0. The number of rotatable bonds is 3. The van der Waals surface area contributed by atoms with Gasteiger partial charge in [0.25, 0.3) is 11.8 Å². The van der Waals surface area contributed by atoms with Crippen molar-refractivity contribution in [3.63, 3.8) is 0 Å². The first-order valence-corrected chi connectivity index (χ1v) is 9.56. The van der Waals surface area contributed by atoms with E-state index in [-0.39, 0.29) is 5.57 Å². The lowest BCUT2D eigenvalue weighted by molar-refractivity contribution is -0.122. The van der Waals surface area contributed by atoms with Crippen LogP contribution in [0.1, 0.15) is 16.9 Å². The monoisotopic (exact) mass is 420 g/mol. The standard InChI is InChI=1S/C23H17ClN2O4/c1-13-3-7-16(8-4-13)26-22(28)19(21(27)25-23(26)29)12-17-9-10-20(30-17)18-11-15(24)6-5-14(18)2/h3-12H,1-2H3,(H,25,27,29)/b19-12+. The molecule has 1 aliphatic rings. The van der Waals surface area contributed by atoms with E-state index in [0.717, 1.165) is 21.6 Å². The van der Waals surface area contributed by atoms with E-state index in [2.05, 4.69) is 5.32 Å². The highest BCUT2D eigenvalue weighted by Crippen LogP contribution is 2.29. The maximum atomic E-state index is 12.9. The van der Waals surface area contributed by atoms with E-state index in [4.69, 9.17) is 16.0 Å². The van der Waals surface area contributed by atoms with Crippen molar-refractivity contribution in [3.8, 4) is 11.3 Å². The Morgan fingerprint density at radius 2 is 1.70 bits per heavy atom. The Bertz CT molecular complexity index is 1210. The summed E-state index contributed by atoms with van der Waals surface area (Å²) in [5.41, 5.74) is 2.93. The predicted molar refractivity (Wildman–Crippen MR) is 114 cm³/mol. The van der Waals surface area contributed by atoms with E-state index in [1.807, 2.05) is 19.9 Å². The number of halogens is 1. The van der Waals surface area contributed by atoms with Gasteiger partial charge in [-0.25, -0.2) is 9.69 Å². The van der Waals surface area contributed by atoms with Crippen molar-refractivity contribution in [1.29, 1.82) is 0 Å². The third-order valence-electron chi connectivity index (χ3n) is 4.77. The van der Waals surface area contributed by atoms with Gasteiger partial charge in [0.1, 0.15) is 17.1 Å². The van der Waals surface area contributed by atoms with Crippen LogP contribution in [0.5, 0.6) is 0 Å². The van der Waals surface area contributed by atoms with Gasteiger partial charge < -0.3 is 4.42 Å². The molecule has 1 N–H and O–H groups in total. The van der Waals surface area contributed by atoms with Gasteiger partial charge in [-0.3, -0.25) is 14.9 Å². The normalized spacial score (nSPS) is 15.6. The topological polar surface area (TPSA) is 79.6 Å². The fourth-order valence-corrected chi connectivity index (χ4v) is 3.33. The van der Waals surface area contributed by atoms with Crippen molar-refractivity contribution < 1.29 is 18.8 Å². The SMILES string of the molecule is Cc1ccc(N2C(=O)NC(=O)/C(=C\c3ccc(-c4cc(Cl)ccc4C)o3)C2=O)cc1. The summed E-state index contributed by atoms with van der Waals surface area (Å²) in [5.74, 6) is -0.632. The largest absolute Gasteiger partial charge is 0.457 e. The minimum atomic E-state index is -0.791. The molecule has 0 spiro atoms. The van der Waals surface area contributed by atoms with Crippen molar-refractivity contribution in [3.05, 3.63) is 82.1 Å². The van der Waals surface area contributed by atoms with E-state index in [1.54, 1.807) is 48.5 Å². The van der Waals surface area contributed by atoms with Gasteiger partial charge in [-0.05, 0) is 61.9 Å². The second-order valence-corrected chi connectivity index (χ2v) is 7.39. The van der Waals surface area contributed by atoms with Crippen LogP contribution in [0.2, 0.25) is 5.02 Å². The maximum Gasteiger partial charge on any atom is 0.335 e. The molecule has 2 aromatic carbocycles. The van der Waals surface area contributed by atoms with Crippen LogP contribution in [-0.2, 0) is 9.59 Å². The Labute approximate surface area is 177 Å². The number of barbiturate groups is 1. The molecule has 0 atom stereocenters. The molecule has 1 aromatic heterocycles. The van der Waals surface area contributed by atoms with E-state index in [9.17, 15) is 14.4 Å². The lowest BCUT2D eigenvalue weighted by Gasteiger charge is -2.26. The quantitative estimate of drug-likeness (QED) is 0.483. The van der Waals surface area contributed by atoms with Gasteiger partial charge in [-0.2, -0.15) is 0 Å². The summed E-state index contributed by atoms with van der Waals surface area (Å²) in [6.07, 6.45) is 1.33. The number of furan rings is 1. The van der Waals surface area contributed by atoms with Crippen LogP contribution in [0.4, 0.5) is 10.5 Å². The summed E-state index contributed by atoms with van der Waals surface area (Å²) < 4.78 is 5.82. The maximum absolute atomic E-state index is 12.9. The lowest BCUT2D eigenvalue weighted by Crippen LogP contribution is -2.54. The van der Waals surface area contributed by atoms with Crippen LogP contribution in [0.15, 0.2) is 64.6 Å². The summed E-state index contributed by atoms with van der Waals surface area (Å²) >= 11 is 6.08. The lowest BCUT2D eigenvalue weighted by atomic mass is 10.1. The average Bonchev–Trinajstić information content (AvgIpc) is 3.17. The first-order chi connectivity index (χ1) is 14.3. The molecule has 7 heteroatoms. The molecular weight excluding hydrogens is 404 g/mol. The molecule has 150 valence electrons. The predicted octanol–water partition coefficient (Wildman–Crippen LogP) is 4.88. The van der Waals surface area contributed by atoms with E-state index >= 15 is 0 Å². The molecule has 6 nitrogen and oxygen atoms in total. The van der Waals surface area contributed by atoms with Crippen LogP contribution >= 0.6 is 11.6 Å². The number of aryl methyl sites for hydroxylation is 2. The summed E-state index contributed by atoms with van der Waals surface area (Å²) in [7, 11) is 0. The Balaban J connectivity index is 1.69. The summed E-state index contributed by atoms with van der Waals surface area (Å²) in [6, 6.07) is 14.9. The fraction of sp³-hybridized carbons (Fsp3) is 0.0870. The Kier molecular flexibility index (Phi) is 5.01. The van der Waals surface area contributed by atoms with Crippen LogP contribution < -0.4 is 10.2 Å². The molecule has 0 radical (unpaired) electrons. The third kappa shape index (κ3) is 3.65. The Morgan fingerprint density at radius 1 is 0.967 bits per heavy atom. The van der Waals surface area contributed by atoms with Gasteiger partial charge in [0, 0.05) is 10.6 Å². The number of imide groups is 2. The number of benzene rings is 2. The number of anilines is 1. The number of carbonyl (C=O) groups excluding carboxylic acids is 3. The number of hydrogen-bond acceptors (Lipinski definition) is 4. The van der Waals surface area contributed by atoms with Crippen LogP contribution in [-0.4, -0.2) is 17.8 Å². The first-order valence-electron chi connectivity index (χ1n) is 9.18. The second kappa shape index (κ2) is 7.65. The molecule has 2 heterocycles. The zero-order chi connectivity index (χ0) is 21.4. The molecule has 1 saturated heterocycles. The smallest absolute Gasteiger partial charge is 0.335 e. The van der Waals surface area contributed by atoms with Crippen LogP contribution in [0, 0.1) is 13.8 Å². The number of nitrogens with zero attached hydrogens (tertiary/aromatic N) is 1. The number of carbonyl (C=O) groups is 3. The van der Waals surface area contributed by atoms with Crippen LogP contribution in [0.25, 0.3) is 17.4 Å². The van der Waals surface area contributed by atoms with Crippen molar-refractivity contribution in [1.82, 2.24) is 5.32 Å². The molecule has 1 aliphatic heterocycles. The zero-order valence-electron chi connectivity index (χ0n) is 16.2. The molecule has 0 bridgehead atoms. The molecule has 0 saturated carbocycles. The molecule has 0 aliphatic carbocycles. The van der Waals surface area contributed by atoms with E-state index < -0.39 is 17.8 Å². The second-order valence-electron chi connectivity index (χ2n) is 6.95. The highest BCUT2D eigenvalue weighted by atomic mass is 35.5. The molecule has 4 amide bonds. The number of amides is 4. The highest BCUT2D eigenvalue weighted by molar-refractivity contribution is 6.39. The molecular formula is C23H17ClN2O4. The fourth-order valence-electron chi connectivity index (χ4n) is 3.16. The van der Waals surface area contributed by atoms with Gasteiger partial charge >= 0.3 is 6.03 Å². The van der Waals surface area contributed by atoms with Gasteiger partial charge in [-0.15, -0.1) is 0 Å². The molecule has 4 rings (SSSR count). The number of urea groups is 1. The summed E-state index contributed by atoms with van der Waals surface area (Å²) in [6.45, 7) is 3.82. The van der Waals surface area contributed by atoms with E-state index in [1.165, 1.54) is 6.08 Å². The minimum Gasteiger partial charge on any atom is -0.457 e.